The fourth-order valence-electron chi connectivity index (χ4n) is 1.80. The average Bonchev–Trinajstić information content (AvgIpc) is 2.77. The molecule has 0 amide bonds. The first-order valence-corrected chi connectivity index (χ1v) is 7.73. The van der Waals surface area contributed by atoms with Crippen LogP contribution < -0.4 is 0 Å². The van der Waals surface area contributed by atoms with Crippen molar-refractivity contribution in [3.8, 4) is 0 Å². The Kier molecular flexibility index (Phi) is 4.47. The van der Waals surface area contributed by atoms with Crippen molar-refractivity contribution in [2.75, 3.05) is 0 Å². The quantitative estimate of drug-likeness (QED) is 0.668. The van der Waals surface area contributed by atoms with Gasteiger partial charge in [-0.2, -0.15) is 0 Å². The van der Waals surface area contributed by atoms with Gasteiger partial charge in [0.15, 0.2) is 0 Å². The number of nitrogens with zero attached hydrogens (tertiary/aromatic N) is 1. The SMILES string of the molecule is Cc1ccc(Sc2sc(C(C)O)cc2[N+](=O)[O-])c(C)c1. The summed E-state index contributed by atoms with van der Waals surface area (Å²) in [5.41, 5.74) is 2.32. The highest BCUT2D eigenvalue weighted by Crippen LogP contribution is 2.43. The summed E-state index contributed by atoms with van der Waals surface area (Å²) >= 11 is 2.66. The maximum Gasteiger partial charge on any atom is 0.294 e. The van der Waals surface area contributed by atoms with Crippen LogP contribution in [-0.4, -0.2) is 10.0 Å². The molecular weight excluding hydrogens is 294 g/mol. The van der Waals surface area contributed by atoms with Gasteiger partial charge in [0.2, 0.25) is 0 Å². The molecule has 0 saturated carbocycles. The molecule has 106 valence electrons. The lowest BCUT2D eigenvalue weighted by Crippen LogP contribution is -1.88. The minimum absolute atomic E-state index is 0.0656. The number of hydrogen-bond acceptors (Lipinski definition) is 5. The van der Waals surface area contributed by atoms with Crippen LogP contribution in [0.4, 0.5) is 5.69 Å². The highest BCUT2D eigenvalue weighted by molar-refractivity contribution is 8.01. The monoisotopic (exact) mass is 309 g/mol. The molecule has 1 heterocycles. The molecule has 2 rings (SSSR count). The van der Waals surface area contributed by atoms with E-state index >= 15 is 0 Å². The summed E-state index contributed by atoms with van der Waals surface area (Å²) in [4.78, 5) is 12.3. The minimum atomic E-state index is -0.688. The first-order chi connectivity index (χ1) is 9.38. The number of hydrogen-bond donors (Lipinski definition) is 1. The Labute approximate surface area is 125 Å². The van der Waals surface area contributed by atoms with Crippen molar-refractivity contribution >= 4 is 28.8 Å². The van der Waals surface area contributed by atoms with E-state index in [1.54, 1.807) is 6.92 Å². The Morgan fingerprint density at radius 3 is 2.60 bits per heavy atom. The molecule has 0 aliphatic rings. The lowest BCUT2D eigenvalue weighted by Gasteiger charge is -2.04. The van der Waals surface area contributed by atoms with Crippen molar-refractivity contribution in [2.24, 2.45) is 0 Å². The van der Waals surface area contributed by atoms with E-state index < -0.39 is 11.0 Å². The van der Waals surface area contributed by atoms with Crippen molar-refractivity contribution in [1.82, 2.24) is 0 Å². The van der Waals surface area contributed by atoms with Crippen molar-refractivity contribution in [3.63, 3.8) is 0 Å². The molecule has 1 atom stereocenters. The van der Waals surface area contributed by atoms with Gasteiger partial charge in [0.25, 0.3) is 5.69 Å². The van der Waals surface area contributed by atoms with Crippen LogP contribution in [0.1, 0.15) is 29.0 Å². The van der Waals surface area contributed by atoms with E-state index in [4.69, 9.17) is 0 Å². The highest BCUT2D eigenvalue weighted by Gasteiger charge is 2.22. The number of aryl methyl sites for hydroxylation is 2. The first kappa shape index (κ1) is 15.0. The third-order valence-electron chi connectivity index (χ3n) is 2.84. The normalized spacial score (nSPS) is 12.4. The van der Waals surface area contributed by atoms with Crippen LogP contribution in [-0.2, 0) is 0 Å². The van der Waals surface area contributed by atoms with Gasteiger partial charge in [-0.15, -0.1) is 11.3 Å². The largest absolute Gasteiger partial charge is 0.388 e. The summed E-state index contributed by atoms with van der Waals surface area (Å²) in [6.45, 7) is 5.62. The summed E-state index contributed by atoms with van der Waals surface area (Å²) in [6.07, 6.45) is -0.688. The van der Waals surface area contributed by atoms with Gasteiger partial charge in [-0.05, 0) is 32.4 Å². The summed E-state index contributed by atoms with van der Waals surface area (Å²) in [5, 5.41) is 20.7. The molecule has 1 unspecified atom stereocenters. The Morgan fingerprint density at radius 1 is 1.35 bits per heavy atom. The van der Waals surface area contributed by atoms with Gasteiger partial charge in [-0.3, -0.25) is 10.1 Å². The number of aliphatic hydroxyl groups is 1. The standard InChI is InChI=1S/C14H15NO3S2/c1-8-4-5-12(9(2)6-8)19-14-11(15(17)18)7-13(20-14)10(3)16/h4-7,10,16H,1-3H3. The third-order valence-corrected chi connectivity index (χ3v) is 5.50. The van der Waals surface area contributed by atoms with E-state index in [-0.39, 0.29) is 5.69 Å². The molecule has 1 aromatic heterocycles. The second-order valence-corrected chi connectivity index (χ2v) is 7.02. The van der Waals surface area contributed by atoms with Crippen molar-refractivity contribution in [2.45, 2.75) is 36.0 Å². The summed E-state index contributed by atoms with van der Waals surface area (Å²) in [7, 11) is 0. The van der Waals surface area contributed by atoms with Gasteiger partial charge in [-0.25, -0.2) is 0 Å². The number of benzene rings is 1. The maximum atomic E-state index is 11.1. The molecule has 0 aliphatic carbocycles. The molecule has 0 radical (unpaired) electrons. The number of nitro groups is 1. The zero-order valence-corrected chi connectivity index (χ0v) is 13.0. The molecule has 2 aromatic rings. The van der Waals surface area contributed by atoms with Crippen LogP contribution in [0.25, 0.3) is 0 Å². The fourth-order valence-corrected chi connectivity index (χ4v) is 4.11. The second-order valence-electron chi connectivity index (χ2n) is 4.63. The van der Waals surface area contributed by atoms with Crippen LogP contribution >= 0.6 is 23.1 Å². The molecule has 1 aromatic carbocycles. The summed E-state index contributed by atoms with van der Waals surface area (Å²) in [6, 6.07) is 7.48. The van der Waals surface area contributed by atoms with Crippen molar-refractivity contribution in [3.05, 3.63) is 50.4 Å². The Hall–Kier alpha value is -1.37. The molecule has 4 nitrogen and oxygen atoms in total. The highest BCUT2D eigenvalue weighted by atomic mass is 32.2. The van der Waals surface area contributed by atoms with Crippen LogP contribution in [0.5, 0.6) is 0 Å². The first-order valence-electron chi connectivity index (χ1n) is 6.09. The fraction of sp³-hybridized carbons (Fsp3) is 0.286. The predicted molar refractivity (Wildman–Crippen MR) is 81.6 cm³/mol. The average molecular weight is 309 g/mol. The van der Waals surface area contributed by atoms with E-state index in [0.29, 0.717) is 9.09 Å². The number of rotatable bonds is 4. The third kappa shape index (κ3) is 3.20. The van der Waals surface area contributed by atoms with Gasteiger partial charge in [0.1, 0.15) is 4.21 Å². The Balaban J connectivity index is 2.39. The van der Waals surface area contributed by atoms with Crippen molar-refractivity contribution in [1.29, 1.82) is 0 Å². The van der Waals surface area contributed by atoms with E-state index in [1.165, 1.54) is 29.2 Å². The van der Waals surface area contributed by atoms with E-state index in [2.05, 4.69) is 6.07 Å². The van der Waals surface area contributed by atoms with Crippen LogP contribution in [0.15, 0.2) is 33.4 Å². The van der Waals surface area contributed by atoms with Gasteiger partial charge < -0.3 is 5.11 Å². The molecule has 6 heteroatoms. The molecule has 0 spiro atoms. The van der Waals surface area contributed by atoms with E-state index in [9.17, 15) is 15.2 Å². The summed E-state index contributed by atoms with van der Waals surface area (Å²) < 4.78 is 0.609. The molecule has 0 bridgehead atoms. The minimum Gasteiger partial charge on any atom is -0.388 e. The van der Waals surface area contributed by atoms with Crippen molar-refractivity contribution < 1.29 is 10.0 Å². The zero-order chi connectivity index (χ0) is 14.9. The van der Waals surface area contributed by atoms with Gasteiger partial charge in [0, 0.05) is 15.8 Å². The summed E-state index contributed by atoms with van der Waals surface area (Å²) in [5.74, 6) is 0. The second kappa shape index (κ2) is 5.95. The molecule has 0 saturated heterocycles. The van der Waals surface area contributed by atoms with Crippen LogP contribution in [0.2, 0.25) is 0 Å². The lowest BCUT2D eigenvalue weighted by molar-refractivity contribution is -0.387. The zero-order valence-electron chi connectivity index (χ0n) is 11.4. The number of thiophene rings is 1. The van der Waals surface area contributed by atoms with E-state index in [0.717, 1.165) is 16.0 Å². The lowest BCUT2D eigenvalue weighted by atomic mass is 10.2. The Bertz CT molecular complexity index is 650. The molecule has 0 aliphatic heterocycles. The molecule has 20 heavy (non-hydrogen) atoms. The molecular formula is C14H15NO3S2. The maximum absolute atomic E-state index is 11.1. The van der Waals surface area contributed by atoms with E-state index in [1.807, 2.05) is 26.0 Å². The Morgan fingerprint density at radius 2 is 2.05 bits per heavy atom. The molecule has 0 fully saturated rings. The topological polar surface area (TPSA) is 63.4 Å². The smallest absolute Gasteiger partial charge is 0.294 e. The van der Waals surface area contributed by atoms with Crippen LogP contribution in [0, 0.1) is 24.0 Å². The van der Waals surface area contributed by atoms with Gasteiger partial charge in [-0.1, -0.05) is 29.5 Å². The number of aliphatic hydroxyl groups excluding tert-OH is 1. The molecule has 1 N–H and O–H groups in total. The van der Waals surface area contributed by atoms with Gasteiger partial charge in [0.05, 0.1) is 11.0 Å². The van der Waals surface area contributed by atoms with Gasteiger partial charge >= 0.3 is 0 Å². The van der Waals surface area contributed by atoms with Crippen LogP contribution in [0.3, 0.4) is 0 Å². The predicted octanol–water partition coefficient (Wildman–Crippen LogP) is 4.48.